The van der Waals surface area contributed by atoms with Crippen LogP contribution in [0.1, 0.15) is 0 Å². The smallest absolute Gasteiger partial charge is 0.222 e. The van der Waals surface area contributed by atoms with Gasteiger partial charge in [0.05, 0.1) is 0 Å². The summed E-state index contributed by atoms with van der Waals surface area (Å²) in [6, 6.07) is 4.04. The van der Waals surface area contributed by atoms with Gasteiger partial charge in [0.1, 0.15) is 0 Å². The molecule has 0 fully saturated rings. The molecule has 8 heavy (non-hydrogen) atoms. The fourth-order valence-corrected chi connectivity index (χ4v) is 0.680. The van der Waals surface area contributed by atoms with E-state index in [1.165, 1.54) is 0 Å². The van der Waals surface area contributed by atoms with E-state index in [-0.39, 0.29) is 0 Å². The van der Waals surface area contributed by atoms with Gasteiger partial charge in [-0.25, -0.2) is 10.2 Å². The molecule has 1 N–H and O–H groups in total. The molecular weight excluding hydrogens is 122 g/mol. The summed E-state index contributed by atoms with van der Waals surface area (Å²) >= 11 is 1.71. The maximum atomic E-state index is 8.35. The molecule has 0 aliphatic rings. The topological polar surface area (TPSA) is 40.9 Å². The van der Waals surface area contributed by atoms with Crippen LogP contribution in [0.15, 0.2) is 22.9 Å². The van der Waals surface area contributed by atoms with E-state index in [1.807, 2.05) is 22.9 Å². The normalized spacial score (nSPS) is 6.00. The SMILES string of the molecule is N=C=O.c1ccsc1. The third-order valence-corrected chi connectivity index (χ3v) is 1.05. The standard InChI is InChI=1S/C4H4S.CHNO/c1-2-4-5-3-1;2-1-3/h1-4H;2H. The second-order valence-electron chi connectivity index (χ2n) is 0.895. The first-order chi connectivity index (χ1) is 3.91. The van der Waals surface area contributed by atoms with Gasteiger partial charge < -0.3 is 0 Å². The number of carbonyl (C=O) groups excluding carboxylic acids is 1. The van der Waals surface area contributed by atoms with E-state index in [1.54, 1.807) is 11.3 Å². The minimum atomic E-state index is 0.750. The van der Waals surface area contributed by atoms with Crippen molar-refractivity contribution in [1.82, 2.24) is 0 Å². The summed E-state index contributed by atoms with van der Waals surface area (Å²) < 4.78 is 0. The van der Waals surface area contributed by atoms with Crippen molar-refractivity contribution >= 4 is 17.4 Å². The van der Waals surface area contributed by atoms with E-state index in [2.05, 4.69) is 0 Å². The van der Waals surface area contributed by atoms with Gasteiger partial charge in [-0.3, -0.25) is 0 Å². The van der Waals surface area contributed by atoms with Gasteiger partial charge in [-0.15, -0.1) is 0 Å². The molecule has 1 heterocycles. The van der Waals surface area contributed by atoms with Gasteiger partial charge in [0, 0.05) is 0 Å². The quantitative estimate of drug-likeness (QED) is 0.418. The number of hydrogen-bond donors (Lipinski definition) is 1. The zero-order chi connectivity index (χ0) is 6.24. The number of thiophene rings is 1. The van der Waals surface area contributed by atoms with Crippen molar-refractivity contribution in [3.63, 3.8) is 0 Å². The highest BCUT2D eigenvalue weighted by molar-refractivity contribution is 7.07. The van der Waals surface area contributed by atoms with Crippen LogP contribution in [0.5, 0.6) is 0 Å². The molecule has 0 unspecified atom stereocenters. The van der Waals surface area contributed by atoms with Gasteiger partial charge in [0.15, 0.2) is 0 Å². The van der Waals surface area contributed by atoms with Crippen molar-refractivity contribution in [2.45, 2.75) is 0 Å². The molecule has 0 spiro atoms. The number of hydrogen-bond acceptors (Lipinski definition) is 3. The minimum absolute atomic E-state index is 0.750. The van der Waals surface area contributed by atoms with Crippen LogP contribution in [0.25, 0.3) is 0 Å². The van der Waals surface area contributed by atoms with E-state index in [9.17, 15) is 0 Å². The van der Waals surface area contributed by atoms with Crippen LogP contribution in [0.4, 0.5) is 0 Å². The Bertz CT molecular complexity index is 124. The lowest BCUT2D eigenvalue weighted by Crippen LogP contribution is -1.16. The van der Waals surface area contributed by atoms with Gasteiger partial charge in [-0.1, -0.05) is 12.1 Å². The van der Waals surface area contributed by atoms with Crippen LogP contribution >= 0.6 is 11.3 Å². The minimum Gasteiger partial charge on any atom is -0.222 e. The molecule has 0 bridgehead atoms. The molecule has 0 amide bonds. The fourth-order valence-electron chi connectivity index (χ4n) is 0.227. The summed E-state index contributed by atoms with van der Waals surface area (Å²) in [5, 5.41) is 9.49. The second-order valence-corrected chi connectivity index (χ2v) is 1.71. The van der Waals surface area contributed by atoms with Crippen LogP contribution in [-0.4, -0.2) is 6.08 Å². The Morgan fingerprint density at radius 1 is 1.38 bits per heavy atom. The average molecular weight is 127 g/mol. The second kappa shape index (κ2) is 6.08. The van der Waals surface area contributed by atoms with Crippen molar-refractivity contribution in [2.75, 3.05) is 0 Å². The molecule has 1 aromatic rings. The zero-order valence-electron chi connectivity index (χ0n) is 4.13. The lowest BCUT2D eigenvalue weighted by Gasteiger charge is -1.39. The number of rotatable bonds is 0. The molecule has 0 aliphatic heterocycles. The molecule has 42 valence electrons. The molecule has 3 heteroatoms. The van der Waals surface area contributed by atoms with Gasteiger partial charge >= 0.3 is 0 Å². The number of isocyanates is 1. The van der Waals surface area contributed by atoms with Gasteiger partial charge in [0.25, 0.3) is 0 Å². The molecular formula is C5H5NOS. The maximum absolute atomic E-state index is 8.35. The van der Waals surface area contributed by atoms with Crippen molar-refractivity contribution in [3.8, 4) is 0 Å². The van der Waals surface area contributed by atoms with Crippen LogP contribution in [0.2, 0.25) is 0 Å². The molecule has 2 nitrogen and oxygen atoms in total. The molecule has 0 saturated carbocycles. The Morgan fingerprint density at radius 3 is 1.88 bits per heavy atom. The average Bonchev–Trinajstić information content (AvgIpc) is 2.17. The Kier molecular flexibility index (Phi) is 5.38. The lowest BCUT2D eigenvalue weighted by molar-refractivity contribution is 0.563. The van der Waals surface area contributed by atoms with Crippen molar-refractivity contribution < 1.29 is 4.79 Å². The first-order valence-electron chi connectivity index (χ1n) is 1.93. The van der Waals surface area contributed by atoms with E-state index in [0.717, 1.165) is 6.08 Å². The summed E-state index contributed by atoms with van der Waals surface area (Å²) in [7, 11) is 0. The lowest BCUT2D eigenvalue weighted by atomic mass is 10.7. The summed E-state index contributed by atoms with van der Waals surface area (Å²) in [4.78, 5) is 8.35. The molecule has 0 aliphatic carbocycles. The van der Waals surface area contributed by atoms with Gasteiger partial charge in [0.2, 0.25) is 6.08 Å². The van der Waals surface area contributed by atoms with E-state index in [0.29, 0.717) is 0 Å². The van der Waals surface area contributed by atoms with E-state index in [4.69, 9.17) is 10.2 Å². The van der Waals surface area contributed by atoms with Gasteiger partial charge in [-0.2, -0.15) is 11.3 Å². The summed E-state index contributed by atoms with van der Waals surface area (Å²) in [6.45, 7) is 0. The molecule has 1 aromatic heterocycles. The summed E-state index contributed by atoms with van der Waals surface area (Å²) in [5.41, 5.74) is 0. The first-order valence-corrected chi connectivity index (χ1v) is 2.87. The molecule has 1 rings (SSSR count). The predicted octanol–water partition coefficient (Wildman–Crippen LogP) is 1.65. The van der Waals surface area contributed by atoms with Crippen LogP contribution < -0.4 is 0 Å². The summed E-state index contributed by atoms with van der Waals surface area (Å²) in [5.74, 6) is 0. The fraction of sp³-hybridized carbons (Fsp3) is 0. The van der Waals surface area contributed by atoms with E-state index >= 15 is 0 Å². The third kappa shape index (κ3) is 5.08. The highest BCUT2D eigenvalue weighted by Gasteiger charge is 1.58. The zero-order valence-corrected chi connectivity index (χ0v) is 4.94. The van der Waals surface area contributed by atoms with Crippen LogP contribution in [0, 0.1) is 5.41 Å². The maximum Gasteiger partial charge on any atom is 0.231 e. The predicted molar refractivity (Wildman–Crippen MR) is 32.7 cm³/mol. The van der Waals surface area contributed by atoms with Gasteiger partial charge in [-0.05, 0) is 10.8 Å². The Labute approximate surface area is 51.3 Å². The number of nitrogens with one attached hydrogen (secondary N) is 1. The molecule has 0 saturated heterocycles. The Hall–Kier alpha value is -0.920. The third-order valence-electron chi connectivity index (χ3n) is 0.425. The largest absolute Gasteiger partial charge is 0.231 e. The Balaban J connectivity index is 0.000000145. The van der Waals surface area contributed by atoms with Crippen LogP contribution in [0.3, 0.4) is 0 Å². The molecule has 0 atom stereocenters. The highest BCUT2D eigenvalue weighted by Crippen LogP contribution is 1.91. The molecule has 0 aromatic carbocycles. The van der Waals surface area contributed by atoms with Crippen LogP contribution in [-0.2, 0) is 4.79 Å². The van der Waals surface area contributed by atoms with Crippen molar-refractivity contribution in [3.05, 3.63) is 22.9 Å². The monoisotopic (exact) mass is 127 g/mol. The van der Waals surface area contributed by atoms with Crippen molar-refractivity contribution in [2.24, 2.45) is 0 Å². The highest BCUT2D eigenvalue weighted by atomic mass is 32.1. The summed E-state index contributed by atoms with van der Waals surface area (Å²) in [6.07, 6.45) is 0.750. The first kappa shape index (κ1) is 7.08. The molecule has 0 radical (unpaired) electrons. The van der Waals surface area contributed by atoms with Crippen molar-refractivity contribution in [1.29, 1.82) is 5.41 Å². The Morgan fingerprint density at radius 2 is 1.75 bits per heavy atom. The van der Waals surface area contributed by atoms with E-state index < -0.39 is 0 Å².